The van der Waals surface area contributed by atoms with Gasteiger partial charge in [0.2, 0.25) is 0 Å². The van der Waals surface area contributed by atoms with Crippen LogP contribution in [0.3, 0.4) is 0 Å². The number of halogens is 1. The zero-order valence-electron chi connectivity index (χ0n) is 18.0. The van der Waals surface area contributed by atoms with Crippen LogP contribution in [0.15, 0.2) is 42.9 Å². The van der Waals surface area contributed by atoms with Crippen molar-refractivity contribution in [3.63, 3.8) is 0 Å². The lowest BCUT2D eigenvalue weighted by Gasteiger charge is -2.30. The fourth-order valence-corrected chi connectivity index (χ4v) is 4.74. The smallest absolute Gasteiger partial charge is 0.278 e. The standard InChI is InChI=1S/C23H24IN7O2/c24-31-6-4-15-1-2-16(11-17(15)14-31)18-13-27-22(25)21(28-18)23(32)29-19-12-26-5-3-20(19)30-7-9-33-10-8-30/h1-3,5,11-13H,4,6-10,14H2,(H2,25,27)(H,29,32). The number of carbonyl (C=O) groups is 1. The number of nitrogens with zero attached hydrogens (tertiary/aromatic N) is 5. The van der Waals surface area contributed by atoms with Crippen LogP contribution in [0.5, 0.6) is 0 Å². The number of rotatable bonds is 4. The fourth-order valence-electron chi connectivity index (χ4n) is 4.13. The number of nitrogens with one attached hydrogen (secondary N) is 1. The summed E-state index contributed by atoms with van der Waals surface area (Å²) < 4.78 is 7.70. The minimum atomic E-state index is -0.416. The van der Waals surface area contributed by atoms with Gasteiger partial charge in [-0.05, 0) is 29.7 Å². The molecule has 3 aromatic rings. The van der Waals surface area contributed by atoms with E-state index in [0.717, 1.165) is 43.9 Å². The molecule has 5 rings (SSSR count). The maximum Gasteiger partial charge on any atom is 0.278 e. The number of aromatic nitrogens is 3. The summed E-state index contributed by atoms with van der Waals surface area (Å²) in [6.07, 6.45) is 5.98. The third-order valence-corrected chi connectivity index (χ3v) is 6.71. The van der Waals surface area contributed by atoms with Gasteiger partial charge >= 0.3 is 0 Å². The molecule has 2 aliphatic rings. The van der Waals surface area contributed by atoms with E-state index in [1.54, 1.807) is 18.6 Å². The molecule has 33 heavy (non-hydrogen) atoms. The molecule has 10 heteroatoms. The van der Waals surface area contributed by atoms with Gasteiger partial charge in [-0.15, -0.1) is 0 Å². The van der Waals surface area contributed by atoms with Crippen LogP contribution in [0.1, 0.15) is 21.6 Å². The Balaban J connectivity index is 1.41. The van der Waals surface area contributed by atoms with Crippen LogP contribution < -0.4 is 16.0 Å². The Hall–Kier alpha value is -2.83. The Kier molecular flexibility index (Phi) is 6.38. The first-order valence-corrected chi connectivity index (χ1v) is 11.8. The molecule has 9 nitrogen and oxygen atoms in total. The number of amides is 1. The molecule has 1 saturated heterocycles. The average Bonchev–Trinajstić information content (AvgIpc) is 2.84. The van der Waals surface area contributed by atoms with E-state index in [-0.39, 0.29) is 11.5 Å². The number of ether oxygens (including phenoxy) is 1. The lowest BCUT2D eigenvalue weighted by Crippen LogP contribution is -2.36. The zero-order valence-corrected chi connectivity index (χ0v) is 20.2. The molecule has 0 atom stereocenters. The van der Waals surface area contributed by atoms with Crippen LogP contribution >= 0.6 is 22.9 Å². The second kappa shape index (κ2) is 9.57. The molecule has 0 bridgehead atoms. The largest absolute Gasteiger partial charge is 0.382 e. The molecule has 0 spiro atoms. The minimum Gasteiger partial charge on any atom is -0.382 e. The maximum absolute atomic E-state index is 13.2. The summed E-state index contributed by atoms with van der Waals surface area (Å²) in [6, 6.07) is 8.17. The van der Waals surface area contributed by atoms with Crippen molar-refractivity contribution in [2.75, 3.05) is 48.8 Å². The van der Waals surface area contributed by atoms with E-state index in [0.29, 0.717) is 24.6 Å². The number of hydrogen-bond acceptors (Lipinski definition) is 8. The Bertz CT molecular complexity index is 1180. The predicted octanol–water partition coefficient (Wildman–Crippen LogP) is 2.92. The van der Waals surface area contributed by atoms with Crippen molar-refractivity contribution in [2.24, 2.45) is 0 Å². The lowest BCUT2D eigenvalue weighted by molar-refractivity contribution is 0.102. The third-order valence-electron chi connectivity index (χ3n) is 5.88. The summed E-state index contributed by atoms with van der Waals surface area (Å²) in [5.41, 5.74) is 11.8. The second-order valence-corrected chi connectivity index (χ2v) is 9.38. The first kappa shape index (κ1) is 22.0. The number of morpholine rings is 1. The van der Waals surface area contributed by atoms with E-state index in [2.05, 4.69) is 63.3 Å². The van der Waals surface area contributed by atoms with Gasteiger partial charge in [0.25, 0.3) is 5.91 Å². The molecule has 0 aliphatic carbocycles. The fraction of sp³-hybridized carbons (Fsp3) is 0.304. The van der Waals surface area contributed by atoms with E-state index in [4.69, 9.17) is 10.5 Å². The van der Waals surface area contributed by atoms with Gasteiger partial charge in [0.05, 0.1) is 42.7 Å². The minimum absolute atomic E-state index is 0.0875. The number of nitrogen functional groups attached to an aromatic ring is 1. The highest BCUT2D eigenvalue weighted by atomic mass is 127. The Morgan fingerprint density at radius 2 is 1.97 bits per heavy atom. The highest BCUT2D eigenvalue weighted by Crippen LogP contribution is 2.28. The first-order chi connectivity index (χ1) is 16.1. The van der Waals surface area contributed by atoms with Gasteiger partial charge in [0.15, 0.2) is 11.5 Å². The van der Waals surface area contributed by atoms with Crippen molar-refractivity contribution < 1.29 is 9.53 Å². The molecule has 2 aromatic heterocycles. The van der Waals surface area contributed by atoms with Gasteiger partial charge in [0, 0.05) is 60.8 Å². The van der Waals surface area contributed by atoms with Gasteiger partial charge < -0.3 is 20.7 Å². The number of fused-ring (bicyclic) bond motifs is 1. The average molecular weight is 557 g/mol. The van der Waals surface area contributed by atoms with Crippen LogP contribution in [0.25, 0.3) is 11.3 Å². The van der Waals surface area contributed by atoms with Crippen LogP contribution in [0, 0.1) is 0 Å². The normalized spacial score (nSPS) is 16.3. The number of carbonyl (C=O) groups excluding carboxylic acids is 1. The Morgan fingerprint density at radius 3 is 2.82 bits per heavy atom. The molecule has 170 valence electrons. The SMILES string of the molecule is Nc1ncc(-c2ccc3c(c2)CN(I)CC3)nc1C(=O)Nc1cnccc1N1CCOCC1. The molecule has 0 saturated carbocycles. The van der Waals surface area contributed by atoms with Crippen LogP contribution in [0.4, 0.5) is 17.2 Å². The van der Waals surface area contributed by atoms with Gasteiger partial charge in [-0.1, -0.05) is 12.1 Å². The van der Waals surface area contributed by atoms with Gasteiger partial charge in [-0.2, -0.15) is 0 Å². The van der Waals surface area contributed by atoms with E-state index in [1.165, 1.54) is 11.1 Å². The van der Waals surface area contributed by atoms with Gasteiger partial charge in [-0.25, -0.2) is 13.1 Å². The Morgan fingerprint density at radius 1 is 1.12 bits per heavy atom. The lowest BCUT2D eigenvalue weighted by atomic mass is 9.97. The van der Waals surface area contributed by atoms with Crippen LogP contribution in [0.2, 0.25) is 0 Å². The monoisotopic (exact) mass is 557 g/mol. The predicted molar refractivity (Wildman–Crippen MR) is 135 cm³/mol. The molecule has 4 heterocycles. The molecule has 0 radical (unpaired) electrons. The molecule has 3 N–H and O–H groups in total. The summed E-state index contributed by atoms with van der Waals surface area (Å²) in [4.78, 5) is 28.3. The zero-order chi connectivity index (χ0) is 22.8. The maximum atomic E-state index is 13.2. The number of nitrogens with two attached hydrogens (primary N) is 1. The van der Waals surface area contributed by atoms with Crippen molar-refractivity contribution in [1.29, 1.82) is 0 Å². The molecular weight excluding hydrogens is 533 g/mol. The van der Waals surface area contributed by atoms with Crippen molar-refractivity contribution >= 4 is 46.0 Å². The Labute approximate surface area is 205 Å². The van der Waals surface area contributed by atoms with E-state index >= 15 is 0 Å². The van der Waals surface area contributed by atoms with E-state index in [1.807, 2.05) is 12.1 Å². The topological polar surface area (TPSA) is 110 Å². The highest BCUT2D eigenvalue weighted by molar-refractivity contribution is 14.1. The second-order valence-electron chi connectivity index (χ2n) is 8.01. The third kappa shape index (κ3) is 4.77. The van der Waals surface area contributed by atoms with E-state index in [9.17, 15) is 4.79 Å². The molecule has 0 unspecified atom stereocenters. The number of benzene rings is 1. The molecule has 1 aromatic carbocycles. The van der Waals surface area contributed by atoms with Gasteiger partial charge in [-0.3, -0.25) is 9.78 Å². The first-order valence-electron chi connectivity index (χ1n) is 10.8. The van der Waals surface area contributed by atoms with Crippen LogP contribution in [-0.4, -0.2) is 56.8 Å². The molecular formula is C23H24IN7O2. The van der Waals surface area contributed by atoms with Gasteiger partial charge in [0.1, 0.15) is 0 Å². The van der Waals surface area contributed by atoms with Crippen molar-refractivity contribution in [3.8, 4) is 11.3 Å². The summed E-state index contributed by atoms with van der Waals surface area (Å²) in [5.74, 6) is -0.329. The number of pyridine rings is 1. The molecule has 1 amide bonds. The quantitative estimate of drug-likeness (QED) is 0.373. The molecule has 2 aliphatic heterocycles. The summed E-state index contributed by atoms with van der Waals surface area (Å²) in [5, 5.41) is 2.93. The number of hydrogen-bond donors (Lipinski definition) is 2. The summed E-state index contributed by atoms with van der Waals surface area (Å²) in [7, 11) is 0. The van der Waals surface area contributed by atoms with Crippen molar-refractivity contribution in [1.82, 2.24) is 18.1 Å². The highest BCUT2D eigenvalue weighted by Gasteiger charge is 2.20. The summed E-state index contributed by atoms with van der Waals surface area (Å²) in [6.45, 7) is 4.71. The molecule has 1 fully saturated rings. The van der Waals surface area contributed by atoms with Crippen LogP contribution in [-0.2, 0) is 17.7 Å². The van der Waals surface area contributed by atoms with E-state index < -0.39 is 5.91 Å². The van der Waals surface area contributed by atoms with Crippen molar-refractivity contribution in [2.45, 2.75) is 13.0 Å². The number of anilines is 3. The summed E-state index contributed by atoms with van der Waals surface area (Å²) >= 11 is 2.35. The van der Waals surface area contributed by atoms with Crippen molar-refractivity contribution in [3.05, 3.63) is 59.7 Å².